The summed E-state index contributed by atoms with van der Waals surface area (Å²) < 4.78 is 1.02. The maximum Gasteiger partial charge on any atom is 0.319 e. The summed E-state index contributed by atoms with van der Waals surface area (Å²) in [5.41, 5.74) is 2.06. The number of para-hydroxylation sites is 1. The summed E-state index contributed by atoms with van der Waals surface area (Å²) in [6, 6.07) is 17.7. The average Bonchev–Trinajstić information content (AvgIpc) is 2.48. The molecule has 0 aliphatic heterocycles. The van der Waals surface area contributed by atoms with E-state index in [9.17, 15) is 4.79 Å². The SMILES string of the molecule is CC(CNC(=O)Nc1ccccc1I)c1ccccc1. The van der Waals surface area contributed by atoms with Crippen molar-refractivity contribution >= 4 is 34.3 Å². The maximum absolute atomic E-state index is 11.9. The Labute approximate surface area is 132 Å². The normalized spacial score (nSPS) is 11.7. The number of hydrogen-bond acceptors (Lipinski definition) is 1. The van der Waals surface area contributed by atoms with Crippen molar-refractivity contribution in [2.75, 3.05) is 11.9 Å². The fourth-order valence-electron chi connectivity index (χ4n) is 1.87. The zero-order valence-electron chi connectivity index (χ0n) is 11.3. The minimum Gasteiger partial charge on any atom is -0.337 e. The standard InChI is InChI=1S/C16H17IN2O/c1-12(13-7-3-2-4-8-13)11-18-16(20)19-15-10-6-5-9-14(15)17/h2-10,12H,11H2,1H3,(H2,18,19,20). The van der Waals surface area contributed by atoms with E-state index in [4.69, 9.17) is 0 Å². The van der Waals surface area contributed by atoms with E-state index in [1.807, 2.05) is 42.5 Å². The number of rotatable bonds is 4. The lowest BCUT2D eigenvalue weighted by Crippen LogP contribution is -2.32. The van der Waals surface area contributed by atoms with Crippen LogP contribution >= 0.6 is 22.6 Å². The second kappa shape index (κ2) is 7.28. The van der Waals surface area contributed by atoms with Crippen LogP contribution in [0.1, 0.15) is 18.4 Å². The van der Waals surface area contributed by atoms with Crippen LogP contribution in [0.3, 0.4) is 0 Å². The van der Waals surface area contributed by atoms with Crippen molar-refractivity contribution in [3.63, 3.8) is 0 Å². The molecule has 2 aromatic rings. The number of hydrogen-bond donors (Lipinski definition) is 2. The lowest BCUT2D eigenvalue weighted by Gasteiger charge is -2.14. The zero-order chi connectivity index (χ0) is 14.4. The van der Waals surface area contributed by atoms with Gasteiger partial charge in [0.25, 0.3) is 0 Å². The van der Waals surface area contributed by atoms with Crippen LogP contribution in [0.5, 0.6) is 0 Å². The predicted octanol–water partition coefficient (Wildman–Crippen LogP) is 4.22. The van der Waals surface area contributed by atoms with Gasteiger partial charge in [-0.3, -0.25) is 0 Å². The summed E-state index contributed by atoms with van der Waals surface area (Å²) >= 11 is 2.20. The number of halogens is 1. The van der Waals surface area contributed by atoms with Crippen LogP contribution in [0, 0.1) is 3.57 Å². The molecule has 0 radical (unpaired) electrons. The molecule has 1 unspecified atom stereocenters. The topological polar surface area (TPSA) is 41.1 Å². The van der Waals surface area contributed by atoms with Gasteiger partial charge in [-0.1, -0.05) is 49.4 Å². The van der Waals surface area contributed by atoms with Crippen molar-refractivity contribution in [1.29, 1.82) is 0 Å². The van der Waals surface area contributed by atoms with Gasteiger partial charge in [-0.05, 0) is 46.2 Å². The summed E-state index contributed by atoms with van der Waals surface area (Å²) in [7, 11) is 0. The van der Waals surface area contributed by atoms with Crippen molar-refractivity contribution in [3.8, 4) is 0 Å². The van der Waals surface area contributed by atoms with E-state index < -0.39 is 0 Å². The second-order valence-electron chi connectivity index (χ2n) is 4.63. The third kappa shape index (κ3) is 4.23. The molecule has 2 aromatic carbocycles. The molecule has 2 amide bonds. The first-order chi connectivity index (χ1) is 9.66. The monoisotopic (exact) mass is 380 g/mol. The smallest absolute Gasteiger partial charge is 0.319 e. The molecular formula is C16H17IN2O. The number of anilines is 1. The highest BCUT2D eigenvalue weighted by Gasteiger charge is 2.08. The van der Waals surface area contributed by atoms with Crippen LogP contribution in [-0.2, 0) is 0 Å². The number of carbonyl (C=O) groups excluding carboxylic acids is 1. The molecule has 0 spiro atoms. The highest BCUT2D eigenvalue weighted by atomic mass is 127. The molecule has 4 heteroatoms. The third-order valence-corrected chi connectivity index (χ3v) is 4.00. The first kappa shape index (κ1) is 14.8. The summed E-state index contributed by atoms with van der Waals surface area (Å²) in [6.07, 6.45) is 0. The Morgan fingerprint density at radius 3 is 2.45 bits per heavy atom. The van der Waals surface area contributed by atoms with Gasteiger partial charge >= 0.3 is 6.03 Å². The minimum absolute atomic E-state index is 0.170. The number of benzene rings is 2. The van der Waals surface area contributed by atoms with Gasteiger partial charge in [0, 0.05) is 10.1 Å². The quantitative estimate of drug-likeness (QED) is 0.767. The van der Waals surface area contributed by atoms with Crippen molar-refractivity contribution in [2.45, 2.75) is 12.8 Å². The molecule has 104 valence electrons. The molecular weight excluding hydrogens is 363 g/mol. The van der Waals surface area contributed by atoms with E-state index in [0.29, 0.717) is 6.54 Å². The predicted molar refractivity (Wildman–Crippen MR) is 91.0 cm³/mol. The molecule has 0 fully saturated rings. The van der Waals surface area contributed by atoms with Crippen LogP contribution in [-0.4, -0.2) is 12.6 Å². The van der Waals surface area contributed by atoms with Gasteiger partial charge in [-0.2, -0.15) is 0 Å². The Morgan fingerprint density at radius 2 is 1.75 bits per heavy atom. The van der Waals surface area contributed by atoms with Gasteiger partial charge in [0.1, 0.15) is 0 Å². The fourth-order valence-corrected chi connectivity index (χ4v) is 2.40. The molecule has 0 heterocycles. The van der Waals surface area contributed by atoms with Crippen molar-refractivity contribution < 1.29 is 4.79 Å². The van der Waals surface area contributed by atoms with E-state index in [1.54, 1.807) is 0 Å². The van der Waals surface area contributed by atoms with Gasteiger partial charge in [0.2, 0.25) is 0 Å². The van der Waals surface area contributed by atoms with Gasteiger partial charge in [0.15, 0.2) is 0 Å². The summed E-state index contributed by atoms with van der Waals surface area (Å²) in [5, 5.41) is 5.76. The Hall–Kier alpha value is -1.56. The Kier molecular flexibility index (Phi) is 5.40. The number of nitrogens with one attached hydrogen (secondary N) is 2. The van der Waals surface area contributed by atoms with E-state index in [2.05, 4.69) is 52.3 Å². The molecule has 3 nitrogen and oxygen atoms in total. The minimum atomic E-state index is -0.170. The first-order valence-electron chi connectivity index (χ1n) is 6.51. The zero-order valence-corrected chi connectivity index (χ0v) is 13.4. The number of urea groups is 1. The molecule has 0 aliphatic rings. The highest BCUT2D eigenvalue weighted by Crippen LogP contribution is 2.17. The Morgan fingerprint density at radius 1 is 1.10 bits per heavy atom. The van der Waals surface area contributed by atoms with Crippen LogP contribution in [0.2, 0.25) is 0 Å². The van der Waals surface area contributed by atoms with Crippen molar-refractivity contribution in [2.24, 2.45) is 0 Å². The van der Waals surface area contributed by atoms with Gasteiger partial charge in [0.05, 0.1) is 5.69 Å². The summed E-state index contributed by atoms with van der Waals surface area (Å²) in [5.74, 6) is 0.289. The van der Waals surface area contributed by atoms with Gasteiger partial charge < -0.3 is 10.6 Å². The van der Waals surface area contributed by atoms with E-state index >= 15 is 0 Å². The molecule has 0 saturated carbocycles. The average molecular weight is 380 g/mol. The van der Waals surface area contributed by atoms with Crippen LogP contribution < -0.4 is 10.6 Å². The van der Waals surface area contributed by atoms with E-state index in [1.165, 1.54) is 5.56 Å². The molecule has 0 aliphatic carbocycles. The molecule has 20 heavy (non-hydrogen) atoms. The summed E-state index contributed by atoms with van der Waals surface area (Å²) in [4.78, 5) is 11.9. The summed E-state index contributed by atoms with van der Waals surface area (Å²) in [6.45, 7) is 2.71. The highest BCUT2D eigenvalue weighted by molar-refractivity contribution is 14.1. The molecule has 1 atom stereocenters. The molecule has 2 N–H and O–H groups in total. The molecule has 0 aromatic heterocycles. The van der Waals surface area contributed by atoms with Crippen LogP contribution in [0.15, 0.2) is 54.6 Å². The first-order valence-corrected chi connectivity index (χ1v) is 7.59. The Bertz CT molecular complexity index is 572. The third-order valence-electron chi connectivity index (χ3n) is 3.06. The van der Waals surface area contributed by atoms with Crippen molar-refractivity contribution in [3.05, 3.63) is 63.7 Å². The second-order valence-corrected chi connectivity index (χ2v) is 5.79. The van der Waals surface area contributed by atoms with Gasteiger partial charge in [-0.15, -0.1) is 0 Å². The Balaban J connectivity index is 1.85. The number of carbonyl (C=O) groups is 1. The fraction of sp³-hybridized carbons (Fsp3) is 0.188. The van der Waals surface area contributed by atoms with Gasteiger partial charge in [-0.25, -0.2) is 4.79 Å². The lowest BCUT2D eigenvalue weighted by molar-refractivity contribution is 0.251. The largest absolute Gasteiger partial charge is 0.337 e. The lowest BCUT2D eigenvalue weighted by atomic mass is 10.0. The maximum atomic E-state index is 11.9. The van der Waals surface area contributed by atoms with E-state index in [-0.39, 0.29) is 11.9 Å². The van der Waals surface area contributed by atoms with E-state index in [0.717, 1.165) is 9.26 Å². The molecule has 2 rings (SSSR count). The number of amides is 2. The van der Waals surface area contributed by atoms with Crippen LogP contribution in [0.4, 0.5) is 10.5 Å². The molecule has 0 bridgehead atoms. The van der Waals surface area contributed by atoms with Crippen molar-refractivity contribution in [1.82, 2.24) is 5.32 Å². The van der Waals surface area contributed by atoms with Crippen LogP contribution in [0.25, 0.3) is 0 Å². The molecule has 0 saturated heterocycles.